The maximum Gasteiger partial charge on any atom is 0.469 e. The first-order chi connectivity index (χ1) is 9.37. The molecule has 5 N–H and O–H groups in total. The predicted octanol–water partition coefficient (Wildman–Crippen LogP) is -1.01. The van der Waals surface area contributed by atoms with Crippen LogP contribution in [0.15, 0.2) is 4.79 Å². The predicted molar refractivity (Wildman–Crippen MR) is 67.6 cm³/mol. The minimum Gasteiger partial charge on any atom is -0.369 e. The van der Waals surface area contributed by atoms with E-state index in [0.717, 1.165) is 0 Å². The standard InChI is InChI=1S/C8H13N6O5P/c9-8-10-6-5(7(15)11-8)12-13-14(6)3-1-2-4-19-20(16,17)18/h1-4H2,(H2,16,17,18)(H3,9,10,11,15). The highest BCUT2D eigenvalue weighted by atomic mass is 31.2. The van der Waals surface area contributed by atoms with Crippen molar-refractivity contribution in [3.8, 4) is 0 Å². The lowest BCUT2D eigenvalue weighted by Crippen LogP contribution is -2.12. The van der Waals surface area contributed by atoms with Crippen LogP contribution in [0.3, 0.4) is 0 Å². The molecule has 20 heavy (non-hydrogen) atoms. The molecule has 110 valence electrons. The topological polar surface area (TPSA) is 169 Å². The van der Waals surface area contributed by atoms with Crippen LogP contribution < -0.4 is 11.3 Å². The lowest BCUT2D eigenvalue weighted by Gasteiger charge is -2.05. The van der Waals surface area contributed by atoms with Gasteiger partial charge < -0.3 is 15.5 Å². The number of aryl methyl sites for hydroxylation is 1. The average Bonchev–Trinajstić information content (AvgIpc) is 2.70. The molecule has 0 aliphatic heterocycles. The van der Waals surface area contributed by atoms with Crippen molar-refractivity contribution in [3.63, 3.8) is 0 Å². The Balaban J connectivity index is 1.97. The molecule has 0 saturated heterocycles. The van der Waals surface area contributed by atoms with E-state index in [4.69, 9.17) is 15.5 Å². The Morgan fingerprint density at radius 1 is 1.40 bits per heavy atom. The Labute approximate surface area is 112 Å². The van der Waals surface area contributed by atoms with Crippen LogP contribution in [0, 0.1) is 0 Å². The second-order valence-corrected chi connectivity index (χ2v) is 5.21. The second-order valence-electron chi connectivity index (χ2n) is 3.97. The maximum absolute atomic E-state index is 11.5. The molecule has 0 saturated carbocycles. The smallest absolute Gasteiger partial charge is 0.369 e. The number of aromatic nitrogens is 5. The summed E-state index contributed by atoms with van der Waals surface area (Å²) in [5.74, 6) is -0.0316. The van der Waals surface area contributed by atoms with Crippen LogP contribution in [0.25, 0.3) is 11.2 Å². The van der Waals surface area contributed by atoms with E-state index in [1.54, 1.807) is 0 Å². The minimum absolute atomic E-state index is 0.0316. The highest BCUT2D eigenvalue weighted by molar-refractivity contribution is 7.46. The molecule has 0 bridgehead atoms. The first kappa shape index (κ1) is 14.6. The van der Waals surface area contributed by atoms with Gasteiger partial charge in [-0.15, -0.1) is 5.10 Å². The van der Waals surface area contributed by atoms with Crippen LogP contribution in [0.2, 0.25) is 0 Å². The molecule has 0 spiro atoms. The first-order valence-electron chi connectivity index (χ1n) is 5.66. The molecule has 0 radical (unpaired) electrons. The maximum atomic E-state index is 11.5. The van der Waals surface area contributed by atoms with E-state index in [9.17, 15) is 9.36 Å². The number of phosphoric ester groups is 1. The number of H-pyrrole nitrogens is 1. The summed E-state index contributed by atoms with van der Waals surface area (Å²) < 4.78 is 16.2. The third kappa shape index (κ3) is 3.61. The highest BCUT2D eigenvalue weighted by Gasteiger charge is 2.13. The van der Waals surface area contributed by atoms with E-state index in [2.05, 4.69) is 24.8 Å². The van der Waals surface area contributed by atoms with E-state index in [1.165, 1.54) is 4.68 Å². The fourth-order valence-electron chi connectivity index (χ4n) is 1.58. The van der Waals surface area contributed by atoms with Crippen molar-refractivity contribution in [1.29, 1.82) is 0 Å². The summed E-state index contributed by atoms with van der Waals surface area (Å²) in [6.45, 7) is 0.296. The molecule has 0 aliphatic carbocycles. The molecule has 2 rings (SSSR count). The van der Waals surface area contributed by atoms with Crippen molar-refractivity contribution in [3.05, 3.63) is 10.4 Å². The number of hydrogen-bond acceptors (Lipinski definition) is 7. The zero-order chi connectivity index (χ0) is 14.8. The number of rotatable bonds is 6. The van der Waals surface area contributed by atoms with Crippen molar-refractivity contribution in [2.75, 3.05) is 12.3 Å². The largest absolute Gasteiger partial charge is 0.469 e. The molecule has 2 aromatic rings. The lowest BCUT2D eigenvalue weighted by molar-refractivity contribution is 0.192. The van der Waals surface area contributed by atoms with Gasteiger partial charge in [0.15, 0.2) is 11.2 Å². The Morgan fingerprint density at radius 2 is 2.15 bits per heavy atom. The average molecular weight is 304 g/mol. The number of aromatic amines is 1. The number of fused-ring (bicyclic) bond motifs is 1. The third-order valence-electron chi connectivity index (χ3n) is 2.42. The number of nitrogens with zero attached hydrogens (tertiary/aromatic N) is 4. The van der Waals surface area contributed by atoms with Gasteiger partial charge in [0.2, 0.25) is 5.95 Å². The van der Waals surface area contributed by atoms with Gasteiger partial charge in [-0.1, -0.05) is 5.21 Å². The first-order valence-corrected chi connectivity index (χ1v) is 7.19. The SMILES string of the molecule is Nc1nc2c(nnn2CCCCOP(=O)(O)O)c(=O)[nH]1. The lowest BCUT2D eigenvalue weighted by atomic mass is 10.3. The number of nitrogen functional groups attached to an aromatic ring is 1. The fourth-order valence-corrected chi connectivity index (χ4v) is 1.95. The summed E-state index contributed by atoms with van der Waals surface area (Å²) in [5.41, 5.74) is 5.32. The quantitative estimate of drug-likeness (QED) is 0.385. The van der Waals surface area contributed by atoms with Crippen LogP contribution in [-0.2, 0) is 15.6 Å². The minimum atomic E-state index is -4.43. The summed E-state index contributed by atoms with van der Waals surface area (Å²) in [6.07, 6.45) is 0.929. The third-order valence-corrected chi connectivity index (χ3v) is 2.93. The van der Waals surface area contributed by atoms with Crippen molar-refractivity contribution >= 4 is 24.9 Å². The summed E-state index contributed by atoms with van der Waals surface area (Å²) in [7, 11) is -4.43. The fraction of sp³-hybridized carbons (Fsp3) is 0.500. The molecule has 0 aliphatic rings. The van der Waals surface area contributed by atoms with Crippen LogP contribution in [0.5, 0.6) is 0 Å². The zero-order valence-electron chi connectivity index (χ0n) is 10.3. The molecule has 2 aromatic heterocycles. The number of anilines is 1. The van der Waals surface area contributed by atoms with E-state index < -0.39 is 13.4 Å². The van der Waals surface area contributed by atoms with Crippen molar-refractivity contribution in [2.45, 2.75) is 19.4 Å². The summed E-state index contributed by atoms with van der Waals surface area (Å²) in [5, 5.41) is 7.47. The molecule has 0 aromatic carbocycles. The van der Waals surface area contributed by atoms with Gasteiger partial charge in [-0.05, 0) is 12.8 Å². The van der Waals surface area contributed by atoms with Crippen LogP contribution >= 0.6 is 7.82 Å². The number of phosphoric acid groups is 1. The monoisotopic (exact) mass is 304 g/mol. The Hall–Kier alpha value is -1.81. The Bertz CT molecular complexity index is 705. The number of nitrogens with two attached hydrogens (primary N) is 1. The summed E-state index contributed by atoms with van der Waals surface area (Å²) in [4.78, 5) is 34.8. The van der Waals surface area contributed by atoms with Gasteiger partial charge >= 0.3 is 7.82 Å². The van der Waals surface area contributed by atoms with Gasteiger partial charge in [0.25, 0.3) is 5.56 Å². The number of unbranched alkanes of at least 4 members (excludes halogenated alkanes) is 1. The van der Waals surface area contributed by atoms with Gasteiger partial charge in [-0.2, -0.15) is 4.98 Å². The van der Waals surface area contributed by atoms with Gasteiger partial charge in [-0.3, -0.25) is 14.3 Å². The molecule has 0 amide bonds. The highest BCUT2D eigenvalue weighted by Crippen LogP contribution is 2.35. The van der Waals surface area contributed by atoms with Gasteiger partial charge in [0.1, 0.15) is 0 Å². The summed E-state index contributed by atoms with van der Waals surface area (Å²) in [6, 6.07) is 0. The van der Waals surface area contributed by atoms with Crippen molar-refractivity contribution < 1.29 is 18.9 Å². The number of nitrogens with one attached hydrogen (secondary N) is 1. The zero-order valence-corrected chi connectivity index (χ0v) is 11.2. The van der Waals surface area contributed by atoms with Gasteiger partial charge in [0.05, 0.1) is 6.61 Å². The van der Waals surface area contributed by atoms with E-state index in [1.807, 2.05) is 0 Å². The Morgan fingerprint density at radius 3 is 2.85 bits per heavy atom. The van der Waals surface area contributed by atoms with E-state index >= 15 is 0 Å². The second kappa shape index (κ2) is 5.67. The van der Waals surface area contributed by atoms with Crippen molar-refractivity contribution in [2.24, 2.45) is 0 Å². The molecule has 11 nitrogen and oxygen atoms in total. The molecule has 12 heteroatoms. The molecule has 2 heterocycles. The van der Waals surface area contributed by atoms with E-state index in [0.29, 0.717) is 19.4 Å². The molecular weight excluding hydrogens is 291 g/mol. The molecule has 0 atom stereocenters. The van der Waals surface area contributed by atoms with Gasteiger partial charge in [-0.25, -0.2) is 9.25 Å². The normalized spacial score (nSPS) is 12.1. The van der Waals surface area contributed by atoms with Crippen LogP contribution in [0.4, 0.5) is 5.95 Å². The van der Waals surface area contributed by atoms with Crippen molar-refractivity contribution in [1.82, 2.24) is 25.0 Å². The Kier molecular flexibility index (Phi) is 4.14. The summed E-state index contributed by atoms with van der Waals surface area (Å²) >= 11 is 0. The van der Waals surface area contributed by atoms with E-state index in [-0.39, 0.29) is 23.7 Å². The molecular formula is C8H13N6O5P. The number of hydrogen-bond donors (Lipinski definition) is 4. The van der Waals surface area contributed by atoms with Crippen LogP contribution in [-0.4, -0.2) is 41.4 Å². The molecule has 0 fully saturated rings. The van der Waals surface area contributed by atoms with Gasteiger partial charge in [0, 0.05) is 6.54 Å². The van der Waals surface area contributed by atoms with Crippen LogP contribution in [0.1, 0.15) is 12.8 Å². The molecule has 0 unspecified atom stereocenters.